The van der Waals surface area contributed by atoms with Gasteiger partial charge in [0.2, 0.25) is 10.0 Å². The molecule has 1 aliphatic heterocycles. The maximum absolute atomic E-state index is 12.7. The number of sulfonamides is 1. The lowest BCUT2D eigenvalue weighted by atomic mass is 10.2. The topological polar surface area (TPSA) is 55.2 Å². The molecule has 0 amide bonds. The average molecular weight is 271 g/mol. The van der Waals surface area contributed by atoms with Gasteiger partial charge in [-0.05, 0) is 26.7 Å². The Morgan fingerprint density at radius 2 is 1.61 bits per heavy atom. The molecule has 2 rings (SSSR count). The maximum atomic E-state index is 12.7. The summed E-state index contributed by atoms with van der Waals surface area (Å²) in [7, 11) is -1.59. The Balaban J connectivity index is 2.40. The van der Waals surface area contributed by atoms with Crippen molar-refractivity contribution in [3.05, 3.63) is 11.4 Å². The van der Waals surface area contributed by atoms with E-state index in [9.17, 15) is 8.42 Å². The van der Waals surface area contributed by atoms with Gasteiger partial charge in [-0.25, -0.2) is 8.42 Å². The maximum Gasteiger partial charge on any atom is 0.246 e. The predicted molar refractivity (Wildman–Crippen MR) is 69.9 cm³/mol. The molecular weight excluding hydrogens is 250 g/mol. The largest absolute Gasteiger partial charge is 0.271 e. The Bertz CT molecular complexity index is 526. The van der Waals surface area contributed by atoms with Crippen molar-refractivity contribution in [3.63, 3.8) is 0 Å². The summed E-state index contributed by atoms with van der Waals surface area (Å²) >= 11 is 0. The van der Waals surface area contributed by atoms with Gasteiger partial charge in [0.1, 0.15) is 4.90 Å². The van der Waals surface area contributed by atoms with E-state index < -0.39 is 10.0 Å². The Morgan fingerprint density at radius 3 is 2.06 bits per heavy atom. The lowest BCUT2D eigenvalue weighted by molar-refractivity contribution is 0.423. The van der Waals surface area contributed by atoms with Crippen LogP contribution in [0.3, 0.4) is 0 Å². The third-order valence-electron chi connectivity index (χ3n) is 3.61. The van der Waals surface area contributed by atoms with Gasteiger partial charge in [-0.1, -0.05) is 12.8 Å². The molecule has 102 valence electrons. The lowest BCUT2D eigenvalue weighted by Gasteiger charge is -2.20. The van der Waals surface area contributed by atoms with Crippen LogP contribution in [0.2, 0.25) is 0 Å². The van der Waals surface area contributed by atoms with Crippen LogP contribution >= 0.6 is 0 Å². The van der Waals surface area contributed by atoms with E-state index in [-0.39, 0.29) is 0 Å². The van der Waals surface area contributed by atoms with E-state index in [4.69, 9.17) is 0 Å². The minimum absolute atomic E-state index is 0.395. The molecule has 0 unspecified atom stereocenters. The lowest BCUT2D eigenvalue weighted by Crippen LogP contribution is -2.32. The quantitative estimate of drug-likeness (QED) is 0.821. The molecule has 0 spiro atoms. The van der Waals surface area contributed by atoms with Gasteiger partial charge < -0.3 is 0 Å². The molecule has 0 aliphatic carbocycles. The molecule has 0 atom stereocenters. The van der Waals surface area contributed by atoms with Crippen LogP contribution in [0.1, 0.15) is 37.1 Å². The molecule has 0 aromatic carbocycles. The summed E-state index contributed by atoms with van der Waals surface area (Å²) in [6.07, 6.45) is 4.16. The summed E-state index contributed by atoms with van der Waals surface area (Å²) in [5.41, 5.74) is 1.32. The first-order valence-corrected chi connectivity index (χ1v) is 7.89. The van der Waals surface area contributed by atoms with Gasteiger partial charge in [0.25, 0.3) is 0 Å². The van der Waals surface area contributed by atoms with Crippen LogP contribution in [0.25, 0.3) is 0 Å². The van der Waals surface area contributed by atoms with Crippen molar-refractivity contribution in [1.82, 2.24) is 14.1 Å². The molecule has 1 aliphatic rings. The minimum atomic E-state index is -3.38. The van der Waals surface area contributed by atoms with Crippen LogP contribution in [0, 0.1) is 13.8 Å². The number of aromatic nitrogens is 2. The van der Waals surface area contributed by atoms with E-state index in [2.05, 4.69) is 5.10 Å². The molecule has 1 aromatic heterocycles. The van der Waals surface area contributed by atoms with Gasteiger partial charge in [0, 0.05) is 20.1 Å². The number of nitrogens with zero attached hydrogens (tertiary/aromatic N) is 3. The van der Waals surface area contributed by atoms with E-state index in [1.807, 2.05) is 6.92 Å². The van der Waals surface area contributed by atoms with Gasteiger partial charge in [-0.15, -0.1) is 0 Å². The van der Waals surface area contributed by atoms with Crippen molar-refractivity contribution < 1.29 is 8.42 Å². The normalized spacial score (nSPS) is 18.8. The van der Waals surface area contributed by atoms with Gasteiger partial charge in [-0.2, -0.15) is 9.40 Å². The van der Waals surface area contributed by atoms with Crippen molar-refractivity contribution in [2.75, 3.05) is 13.1 Å². The predicted octanol–water partition coefficient (Wildman–Crippen LogP) is 1.60. The molecule has 5 nitrogen and oxygen atoms in total. The van der Waals surface area contributed by atoms with Crippen LogP contribution < -0.4 is 0 Å². The summed E-state index contributed by atoms with van der Waals surface area (Å²) < 4.78 is 28.6. The highest BCUT2D eigenvalue weighted by Gasteiger charge is 2.30. The summed E-state index contributed by atoms with van der Waals surface area (Å²) in [5.74, 6) is 0. The molecule has 1 saturated heterocycles. The second kappa shape index (κ2) is 5.01. The summed E-state index contributed by atoms with van der Waals surface area (Å²) in [4.78, 5) is 0.395. The van der Waals surface area contributed by atoms with E-state index in [1.165, 1.54) is 0 Å². The van der Waals surface area contributed by atoms with E-state index in [0.717, 1.165) is 31.4 Å². The first-order valence-electron chi connectivity index (χ1n) is 6.45. The fourth-order valence-corrected chi connectivity index (χ4v) is 4.46. The molecule has 1 aromatic rings. The van der Waals surface area contributed by atoms with Crippen molar-refractivity contribution >= 4 is 10.0 Å². The van der Waals surface area contributed by atoms with Crippen molar-refractivity contribution in [1.29, 1.82) is 0 Å². The minimum Gasteiger partial charge on any atom is -0.271 e. The zero-order valence-corrected chi connectivity index (χ0v) is 12.1. The number of hydrogen-bond donors (Lipinski definition) is 0. The zero-order valence-electron chi connectivity index (χ0n) is 11.3. The monoisotopic (exact) mass is 271 g/mol. The Hall–Kier alpha value is -0.880. The van der Waals surface area contributed by atoms with Gasteiger partial charge >= 0.3 is 0 Å². The molecule has 18 heavy (non-hydrogen) atoms. The summed E-state index contributed by atoms with van der Waals surface area (Å²) in [6.45, 7) is 4.84. The van der Waals surface area contributed by atoms with Crippen LogP contribution in [0.15, 0.2) is 4.90 Å². The molecular formula is C12H21N3O2S. The first kappa shape index (κ1) is 13.5. The second-order valence-corrected chi connectivity index (χ2v) is 6.82. The fraction of sp³-hybridized carbons (Fsp3) is 0.750. The van der Waals surface area contributed by atoms with Crippen molar-refractivity contribution in [3.8, 4) is 0 Å². The average Bonchev–Trinajstić information content (AvgIpc) is 2.51. The van der Waals surface area contributed by atoms with Gasteiger partial charge in [-0.3, -0.25) is 4.68 Å². The number of aryl methyl sites for hydroxylation is 2. The zero-order chi connectivity index (χ0) is 13.3. The van der Waals surface area contributed by atoms with Crippen LogP contribution in [-0.4, -0.2) is 35.6 Å². The van der Waals surface area contributed by atoms with Gasteiger partial charge in [0.15, 0.2) is 0 Å². The Labute approximate surface area is 109 Å². The van der Waals surface area contributed by atoms with E-state index in [0.29, 0.717) is 23.7 Å². The Morgan fingerprint density at radius 1 is 1.06 bits per heavy atom. The van der Waals surface area contributed by atoms with Crippen molar-refractivity contribution in [2.24, 2.45) is 7.05 Å². The molecule has 0 saturated carbocycles. The van der Waals surface area contributed by atoms with E-state index >= 15 is 0 Å². The summed E-state index contributed by atoms with van der Waals surface area (Å²) in [5, 5.41) is 4.21. The smallest absolute Gasteiger partial charge is 0.246 e. The standard InChI is InChI=1S/C12H21N3O2S/c1-10-12(11(2)14(3)13-10)18(16,17)15-8-6-4-5-7-9-15/h4-9H2,1-3H3. The second-order valence-electron chi connectivity index (χ2n) is 4.94. The van der Waals surface area contributed by atoms with E-state index in [1.54, 1.807) is 23.0 Å². The third kappa shape index (κ3) is 2.31. The first-order chi connectivity index (χ1) is 8.44. The summed E-state index contributed by atoms with van der Waals surface area (Å²) in [6, 6.07) is 0. The highest BCUT2D eigenvalue weighted by molar-refractivity contribution is 7.89. The molecule has 0 radical (unpaired) electrons. The van der Waals surface area contributed by atoms with Crippen LogP contribution in [0.5, 0.6) is 0 Å². The Kier molecular flexibility index (Phi) is 3.77. The van der Waals surface area contributed by atoms with Crippen LogP contribution in [-0.2, 0) is 17.1 Å². The molecule has 1 fully saturated rings. The highest BCUT2D eigenvalue weighted by Crippen LogP contribution is 2.25. The van der Waals surface area contributed by atoms with Gasteiger partial charge in [0.05, 0.1) is 11.4 Å². The highest BCUT2D eigenvalue weighted by atomic mass is 32.2. The number of hydrogen-bond acceptors (Lipinski definition) is 3. The van der Waals surface area contributed by atoms with Crippen LogP contribution in [0.4, 0.5) is 0 Å². The third-order valence-corrected chi connectivity index (χ3v) is 5.76. The molecule has 0 bridgehead atoms. The SMILES string of the molecule is Cc1nn(C)c(C)c1S(=O)(=O)N1CCCCCC1. The number of rotatable bonds is 2. The molecule has 6 heteroatoms. The molecule has 0 N–H and O–H groups in total. The van der Waals surface area contributed by atoms with Crippen molar-refractivity contribution in [2.45, 2.75) is 44.4 Å². The fourth-order valence-electron chi connectivity index (χ4n) is 2.54. The molecule has 2 heterocycles.